The van der Waals surface area contributed by atoms with Gasteiger partial charge in [-0.05, 0) is 105 Å². The van der Waals surface area contributed by atoms with Gasteiger partial charge < -0.3 is 24.4 Å². The van der Waals surface area contributed by atoms with Crippen molar-refractivity contribution < 1.29 is 29.2 Å². The number of hydrogen-bond acceptors (Lipinski definition) is 7. The predicted octanol–water partition coefficient (Wildman–Crippen LogP) is 5.65. The first-order valence-electron chi connectivity index (χ1n) is 16.4. The Morgan fingerprint density at radius 3 is 2.39 bits per heavy atom. The van der Waals surface area contributed by atoms with Gasteiger partial charge in [-0.25, -0.2) is 4.99 Å². The van der Waals surface area contributed by atoms with Gasteiger partial charge in [-0.3, -0.25) is 4.79 Å². The molecule has 13 atom stereocenters. The molecule has 3 unspecified atom stereocenters. The molecule has 5 aliphatic carbocycles. The molecule has 2 N–H and O–H groups in total. The van der Waals surface area contributed by atoms with Crippen molar-refractivity contribution in [2.45, 2.75) is 149 Å². The highest BCUT2D eigenvalue weighted by Gasteiger charge is 2.88. The molecule has 3 spiro atoms. The fourth-order valence-electron chi connectivity index (χ4n) is 13.3. The number of aliphatic imine (C=N–C) groups is 1. The summed E-state index contributed by atoms with van der Waals surface area (Å²) in [4.78, 5) is 17.4. The number of carbonyl (C=O) groups excluding carboxylic acids is 1. The van der Waals surface area contributed by atoms with Crippen LogP contribution < -0.4 is 0 Å². The molecule has 0 aromatic heterocycles. The van der Waals surface area contributed by atoms with Crippen LogP contribution >= 0.6 is 0 Å². The predicted molar refractivity (Wildman–Crippen MR) is 155 cm³/mol. The molecular formula is C34H53NO6. The third kappa shape index (κ3) is 3.17. The average Bonchev–Trinajstić information content (AvgIpc) is 3.36. The van der Waals surface area contributed by atoms with Gasteiger partial charge in [0.1, 0.15) is 6.10 Å². The molecule has 0 aromatic carbocycles. The zero-order valence-corrected chi connectivity index (χ0v) is 26.8. The molecule has 6 fully saturated rings. The van der Waals surface area contributed by atoms with E-state index in [2.05, 4.69) is 34.6 Å². The number of aliphatic hydroxyl groups is 2. The Balaban J connectivity index is 1.31. The van der Waals surface area contributed by atoms with Crippen LogP contribution in [0.15, 0.2) is 4.99 Å². The number of esters is 1. The highest BCUT2D eigenvalue weighted by molar-refractivity contribution is 5.76. The first-order chi connectivity index (χ1) is 18.9. The zero-order valence-electron chi connectivity index (χ0n) is 26.8. The van der Waals surface area contributed by atoms with E-state index in [4.69, 9.17) is 19.2 Å². The monoisotopic (exact) mass is 571 g/mol. The molecule has 2 heterocycles. The van der Waals surface area contributed by atoms with E-state index >= 15 is 0 Å². The average molecular weight is 572 g/mol. The van der Waals surface area contributed by atoms with Gasteiger partial charge in [-0.1, -0.05) is 34.6 Å². The van der Waals surface area contributed by atoms with Gasteiger partial charge in [-0.15, -0.1) is 0 Å². The van der Waals surface area contributed by atoms with E-state index in [0.29, 0.717) is 35.0 Å². The van der Waals surface area contributed by atoms with Crippen LogP contribution in [0.25, 0.3) is 0 Å². The van der Waals surface area contributed by atoms with Gasteiger partial charge in [0.25, 0.3) is 0 Å². The number of rotatable bonds is 3. The first-order valence-corrected chi connectivity index (χ1v) is 16.4. The zero-order chi connectivity index (χ0) is 29.8. The molecule has 0 aromatic rings. The molecule has 2 aliphatic heterocycles. The van der Waals surface area contributed by atoms with E-state index in [1.165, 1.54) is 26.2 Å². The molecule has 41 heavy (non-hydrogen) atoms. The maximum Gasteiger partial charge on any atom is 0.303 e. The van der Waals surface area contributed by atoms with Crippen molar-refractivity contribution >= 4 is 11.9 Å². The lowest BCUT2D eigenvalue weighted by molar-refractivity contribution is -0.247. The van der Waals surface area contributed by atoms with Crippen LogP contribution in [0.1, 0.15) is 114 Å². The van der Waals surface area contributed by atoms with E-state index in [-0.39, 0.29) is 40.3 Å². The molecular weight excluding hydrogens is 518 g/mol. The summed E-state index contributed by atoms with van der Waals surface area (Å²) in [5, 5.41) is 22.2. The summed E-state index contributed by atoms with van der Waals surface area (Å²) in [6.07, 6.45) is 7.06. The number of nitrogens with zero attached hydrogens (tertiary/aromatic N) is 1. The molecule has 7 aliphatic rings. The molecule has 0 radical (unpaired) electrons. The third-order valence-corrected chi connectivity index (χ3v) is 14.8. The Kier molecular flexibility index (Phi) is 5.64. The van der Waals surface area contributed by atoms with Crippen LogP contribution in [0.4, 0.5) is 0 Å². The third-order valence-electron chi connectivity index (χ3n) is 14.8. The van der Waals surface area contributed by atoms with Crippen molar-refractivity contribution in [3.8, 4) is 0 Å². The summed E-state index contributed by atoms with van der Waals surface area (Å²) < 4.78 is 19.8. The fourth-order valence-corrected chi connectivity index (χ4v) is 13.3. The minimum absolute atomic E-state index is 0.0197. The molecule has 0 bridgehead atoms. The Labute approximate surface area is 246 Å². The quantitative estimate of drug-likeness (QED) is 0.425. The van der Waals surface area contributed by atoms with Crippen molar-refractivity contribution in [2.75, 3.05) is 0 Å². The second-order valence-electron chi connectivity index (χ2n) is 17.2. The first kappa shape index (κ1) is 28.6. The smallest absolute Gasteiger partial charge is 0.303 e. The SMILES string of the molecule is CC(=O)O[C@@H]([C@H]1C[C@@H](C)C2C3(N=C(C)OC3[C@@]3(C)[C@@H]4CC[C@H]5C(C)(C)[C@@H](O)CC[C@@]56C[C@@]46CC[C@]23C)O1)C(C)(C)O. The molecule has 5 saturated carbocycles. The van der Waals surface area contributed by atoms with Crippen LogP contribution in [0.3, 0.4) is 0 Å². The topological polar surface area (TPSA) is 97.6 Å². The lowest BCUT2D eigenvalue weighted by Crippen LogP contribution is -2.60. The normalized spacial score (nSPS) is 55.1. The van der Waals surface area contributed by atoms with Crippen molar-refractivity contribution in [3.05, 3.63) is 0 Å². The minimum Gasteiger partial charge on any atom is -0.472 e. The molecule has 230 valence electrons. The second kappa shape index (κ2) is 8.10. The Morgan fingerprint density at radius 2 is 1.73 bits per heavy atom. The number of ether oxygens (including phenoxy) is 3. The van der Waals surface area contributed by atoms with Crippen LogP contribution in [0.5, 0.6) is 0 Å². The Hall–Kier alpha value is -1.18. The maximum atomic E-state index is 12.2. The van der Waals surface area contributed by atoms with Crippen LogP contribution in [0, 0.1) is 50.7 Å². The molecule has 7 rings (SSSR count). The van der Waals surface area contributed by atoms with Crippen molar-refractivity contribution in [3.63, 3.8) is 0 Å². The lowest BCUT2D eigenvalue weighted by Gasteiger charge is -2.63. The van der Waals surface area contributed by atoms with E-state index < -0.39 is 29.5 Å². The molecule has 1 saturated heterocycles. The second-order valence-corrected chi connectivity index (χ2v) is 17.2. The van der Waals surface area contributed by atoms with Gasteiger partial charge in [0.15, 0.2) is 18.1 Å². The fraction of sp³-hybridized carbons (Fsp3) is 0.941. The lowest BCUT2D eigenvalue weighted by atomic mass is 9.41. The highest BCUT2D eigenvalue weighted by Crippen LogP contribution is 2.90. The summed E-state index contributed by atoms with van der Waals surface area (Å²) >= 11 is 0. The maximum absolute atomic E-state index is 12.2. The summed E-state index contributed by atoms with van der Waals surface area (Å²) in [6, 6.07) is 0. The van der Waals surface area contributed by atoms with E-state index in [9.17, 15) is 15.0 Å². The molecule has 7 heteroatoms. The highest BCUT2D eigenvalue weighted by atomic mass is 16.6. The van der Waals surface area contributed by atoms with Gasteiger partial charge in [0.05, 0.1) is 11.7 Å². The van der Waals surface area contributed by atoms with Crippen LogP contribution in [0.2, 0.25) is 0 Å². The van der Waals surface area contributed by atoms with Crippen molar-refractivity contribution in [2.24, 2.45) is 55.7 Å². The largest absolute Gasteiger partial charge is 0.472 e. The number of aliphatic hydroxyl groups excluding tert-OH is 1. The standard InChI is InChI=1S/C34H53NO6/c1-18-16-21(26(29(6,7)38)40-20(3)36)41-34-25(18)30(8)14-15-33-17-32(33)13-12-24(37)28(4,5)22(32)10-11-23(33)31(30,9)27(34)39-19(2)35-34/h18,21-27,37-38H,10-17H2,1-9H3/t18-,21-,22+,23+,24+,25?,26+,27?,30-,31-,32-,33+,34?/m1/s1. The van der Waals surface area contributed by atoms with Crippen molar-refractivity contribution in [1.29, 1.82) is 0 Å². The van der Waals surface area contributed by atoms with Gasteiger partial charge in [0.2, 0.25) is 5.72 Å². The van der Waals surface area contributed by atoms with Crippen LogP contribution in [-0.2, 0) is 19.0 Å². The summed E-state index contributed by atoms with van der Waals surface area (Å²) in [5.41, 5.74) is -1.69. The molecule has 0 amide bonds. The van der Waals surface area contributed by atoms with E-state index in [0.717, 1.165) is 25.7 Å². The summed E-state index contributed by atoms with van der Waals surface area (Å²) in [6.45, 7) is 18.7. The van der Waals surface area contributed by atoms with Crippen LogP contribution in [-0.4, -0.2) is 57.8 Å². The number of fused-ring (bicyclic) bond motifs is 4. The van der Waals surface area contributed by atoms with Gasteiger partial charge in [-0.2, -0.15) is 0 Å². The minimum atomic E-state index is -1.26. The number of carbonyl (C=O) groups is 1. The van der Waals surface area contributed by atoms with Crippen molar-refractivity contribution in [1.82, 2.24) is 0 Å². The number of hydrogen-bond donors (Lipinski definition) is 2. The van der Waals surface area contributed by atoms with E-state index in [1.807, 2.05) is 6.92 Å². The Bertz CT molecular complexity index is 1190. The van der Waals surface area contributed by atoms with Gasteiger partial charge in [0, 0.05) is 25.2 Å². The summed E-state index contributed by atoms with van der Waals surface area (Å²) in [5.74, 6) is 1.78. The van der Waals surface area contributed by atoms with E-state index in [1.54, 1.807) is 13.8 Å². The Morgan fingerprint density at radius 1 is 1.07 bits per heavy atom. The van der Waals surface area contributed by atoms with Gasteiger partial charge >= 0.3 is 5.97 Å². The molecule has 7 nitrogen and oxygen atoms in total. The summed E-state index contributed by atoms with van der Waals surface area (Å²) in [7, 11) is 0.